The molecular weight excluding hydrogens is 297 g/mol. The molecule has 0 radical (unpaired) electrons. The summed E-state index contributed by atoms with van der Waals surface area (Å²) in [6, 6.07) is 3.53. The summed E-state index contributed by atoms with van der Waals surface area (Å²) in [6.45, 7) is -0.194. The predicted molar refractivity (Wildman–Crippen MR) is 74.4 cm³/mol. The van der Waals surface area contributed by atoms with Crippen molar-refractivity contribution in [2.24, 2.45) is 7.05 Å². The van der Waals surface area contributed by atoms with Crippen LogP contribution in [0.5, 0.6) is 0 Å². The molecule has 1 aromatic carbocycles. The fraction of sp³-hybridized carbons (Fsp3) is 0.308. The van der Waals surface area contributed by atoms with Gasteiger partial charge in [0, 0.05) is 19.8 Å². The number of aromatic nitrogens is 2. The van der Waals surface area contributed by atoms with Crippen LogP contribution in [0.15, 0.2) is 35.5 Å². The van der Waals surface area contributed by atoms with Gasteiger partial charge >= 0.3 is 0 Å². The summed E-state index contributed by atoms with van der Waals surface area (Å²) >= 11 is 0. The van der Waals surface area contributed by atoms with Crippen molar-refractivity contribution in [3.8, 4) is 0 Å². The highest BCUT2D eigenvalue weighted by molar-refractivity contribution is 7.89. The average Bonchev–Trinajstić information content (AvgIpc) is 2.83. The fourth-order valence-corrected chi connectivity index (χ4v) is 2.96. The lowest BCUT2D eigenvalue weighted by Gasteiger charge is -2.08. The van der Waals surface area contributed by atoms with Crippen LogP contribution in [0.2, 0.25) is 0 Å². The Hall–Kier alpha value is -1.77. The maximum atomic E-state index is 13.7. The molecule has 0 fully saturated rings. The molecule has 0 aliphatic rings. The van der Waals surface area contributed by atoms with E-state index in [2.05, 4.69) is 9.82 Å². The standard InChI is InChI=1S/C13H16FN3O3S/c1-17-8-11(7-15-17)4-5-16-21(19,20)13-3-2-10(9-18)6-12(13)14/h2-3,6-8,16,18H,4-5,9H2,1H3. The molecule has 1 heterocycles. The van der Waals surface area contributed by atoms with Crippen molar-refractivity contribution in [3.63, 3.8) is 0 Å². The first-order valence-electron chi connectivity index (χ1n) is 6.29. The van der Waals surface area contributed by atoms with Crippen molar-refractivity contribution < 1.29 is 17.9 Å². The molecule has 2 aromatic rings. The van der Waals surface area contributed by atoms with E-state index < -0.39 is 20.7 Å². The third kappa shape index (κ3) is 3.87. The Labute approximate surface area is 122 Å². The van der Waals surface area contributed by atoms with E-state index in [1.165, 1.54) is 6.07 Å². The molecule has 2 rings (SSSR count). The average molecular weight is 313 g/mol. The van der Waals surface area contributed by atoms with Gasteiger partial charge in [-0.05, 0) is 29.7 Å². The molecule has 0 saturated carbocycles. The Morgan fingerprint density at radius 1 is 1.38 bits per heavy atom. The highest BCUT2D eigenvalue weighted by Crippen LogP contribution is 2.16. The molecule has 114 valence electrons. The summed E-state index contributed by atoms with van der Waals surface area (Å²) in [6.07, 6.45) is 3.89. The molecule has 0 atom stereocenters. The van der Waals surface area contributed by atoms with Gasteiger partial charge in [-0.3, -0.25) is 4.68 Å². The van der Waals surface area contributed by atoms with Gasteiger partial charge in [0.1, 0.15) is 10.7 Å². The van der Waals surface area contributed by atoms with Gasteiger partial charge < -0.3 is 5.11 Å². The first-order valence-corrected chi connectivity index (χ1v) is 7.77. The van der Waals surface area contributed by atoms with E-state index in [9.17, 15) is 12.8 Å². The smallest absolute Gasteiger partial charge is 0.243 e. The topological polar surface area (TPSA) is 84.2 Å². The highest BCUT2D eigenvalue weighted by Gasteiger charge is 2.18. The molecule has 8 heteroatoms. The second-order valence-corrected chi connectivity index (χ2v) is 6.33. The van der Waals surface area contributed by atoms with Crippen LogP contribution in [0.1, 0.15) is 11.1 Å². The van der Waals surface area contributed by atoms with Crippen molar-refractivity contribution in [1.82, 2.24) is 14.5 Å². The minimum Gasteiger partial charge on any atom is -0.392 e. The highest BCUT2D eigenvalue weighted by atomic mass is 32.2. The van der Waals surface area contributed by atoms with E-state index in [1.807, 2.05) is 0 Å². The van der Waals surface area contributed by atoms with Crippen LogP contribution in [0, 0.1) is 5.82 Å². The lowest BCUT2D eigenvalue weighted by Crippen LogP contribution is -2.26. The van der Waals surface area contributed by atoms with Crippen molar-refractivity contribution in [3.05, 3.63) is 47.5 Å². The largest absolute Gasteiger partial charge is 0.392 e. The quantitative estimate of drug-likeness (QED) is 0.817. The van der Waals surface area contributed by atoms with E-state index in [0.29, 0.717) is 12.0 Å². The van der Waals surface area contributed by atoms with Crippen molar-refractivity contribution in [1.29, 1.82) is 0 Å². The number of benzene rings is 1. The molecule has 0 aliphatic carbocycles. The Morgan fingerprint density at radius 3 is 2.71 bits per heavy atom. The van der Waals surface area contributed by atoms with Crippen LogP contribution in [0.4, 0.5) is 4.39 Å². The summed E-state index contributed by atoms with van der Waals surface area (Å²) in [4.78, 5) is -0.425. The van der Waals surface area contributed by atoms with E-state index in [1.54, 1.807) is 24.1 Å². The number of nitrogens with one attached hydrogen (secondary N) is 1. The van der Waals surface area contributed by atoms with Crippen LogP contribution in [0.25, 0.3) is 0 Å². The van der Waals surface area contributed by atoms with E-state index in [0.717, 1.165) is 17.7 Å². The molecule has 21 heavy (non-hydrogen) atoms. The Balaban J connectivity index is 2.04. The molecule has 0 aliphatic heterocycles. The van der Waals surface area contributed by atoms with E-state index in [4.69, 9.17) is 5.11 Å². The van der Waals surface area contributed by atoms with Gasteiger partial charge in [0.15, 0.2) is 0 Å². The molecular formula is C13H16FN3O3S. The summed E-state index contributed by atoms with van der Waals surface area (Å²) in [7, 11) is -2.14. The SMILES string of the molecule is Cn1cc(CCNS(=O)(=O)c2ccc(CO)cc2F)cn1. The number of nitrogens with zero attached hydrogens (tertiary/aromatic N) is 2. The van der Waals surface area contributed by atoms with Crippen LogP contribution in [-0.2, 0) is 30.1 Å². The van der Waals surface area contributed by atoms with Gasteiger partial charge in [-0.15, -0.1) is 0 Å². The number of sulfonamides is 1. The lowest BCUT2D eigenvalue weighted by atomic mass is 10.2. The summed E-state index contributed by atoms with van der Waals surface area (Å²) in [5.74, 6) is -0.879. The van der Waals surface area contributed by atoms with Gasteiger partial charge in [-0.25, -0.2) is 17.5 Å². The van der Waals surface area contributed by atoms with Gasteiger partial charge in [0.2, 0.25) is 10.0 Å². The number of aliphatic hydroxyl groups is 1. The lowest BCUT2D eigenvalue weighted by molar-refractivity contribution is 0.281. The van der Waals surface area contributed by atoms with Crippen LogP contribution in [-0.4, -0.2) is 29.8 Å². The van der Waals surface area contributed by atoms with Crippen LogP contribution < -0.4 is 4.72 Å². The van der Waals surface area contributed by atoms with E-state index >= 15 is 0 Å². The third-order valence-electron chi connectivity index (χ3n) is 2.93. The van der Waals surface area contributed by atoms with Gasteiger partial charge in [0.05, 0.1) is 12.8 Å². The zero-order valence-corrected chi connectivity index (χ0v) is 12.3. The maximum absolute atomic E-state index is 13.7. The number of aryl methyl sites for hydroxylation is 1. The van der Waals surface area contributed by atoms with Crippen molar-refractivity contribution >= 4 is 10.0 Å². The molecule has 0 unspecified atom stereocenters. The van der Waals surface area contributed by atoms with E-state index in [-0.39, 0.29) is 13.2 Å². The number of aliphatic hydroxyl groups excluding tert-OH is 1. The number of hydrogen-bond acceptors (Lipinski definition) is 4. The molecule has 0 amide bonds. The second-order valence-electron chi connectivity index (χ2n) is 4.59. The van der Waals surface area contributed by atoms with Gasteiger partial charge in [-0.1, -0.05) is 6.07 Å². The minimum atomic E-state index is -3.91. The first kappa shape index (κ1) is 15.6. The Kier molecular flexibility index (Phi) is 4.71. The Bertz CT molecular complexity index is 728. The van der Waals surface area contributed by atoms with Gasteiger partial charge in [0.25, 0.3) is 0 Å². The number of hydrogen-bond donors (Lipinski definition) is 2. The predicted octanol–water partition coefficient (Wildman–Crippen LogP) is 0.572. The molecule has 1 aromatic heterocycles. The molecule has 2 N–H and O–H groups in total. The molecule has 0 saturated heterocycles. The molecule has 0 bridgehead atoms. The zero-order chi connectivity index (χ0) is 15.5. The maximum Gasteiger partial charge on any atom is 0.243 e. The normalized spacial score (nSPS) is 11.8. The second kappa shape index (κ2) is 6.33. The summed E-state index contributed by atoms with van der Waals surface area (Å²) < 4.78 is 41.7. The summed E-state index contributed by atoms with van der Waals surface area (Å²) in [5.41, 5.74) is 1.21. The number of rotatable bonds is 6. The van der Waals surface area contributed by atoms with Crippen LogP contribution in [0.3, 0.4) is 0 Å². The van der Waals surface area contributed by atoms with Crippen LogP contribution >= 0.6 is 0 Å². The fourth-order valence-electron chi connectivity index (χ4n) is 1.87. The zero-order valence-electron chi connectivity index (χ0n) is 11.5. The monoisotopic (exact) mass is 313 g/mol. The minimum absolute atomic E-state index is 0.148. The summed E-state index contributed by atoms with van der Waals surface area (Å²) in [5, 5.41) is 12.9. The van der Waals surface area contributed by atoms with Gasteiger partial charge in [-0.2, -0.15) is 5.10 Å². The number of halogens is 1. The first-order chi connectivity index (χ1) is 9.92. The third-order valence-corrected chi connectivity index (χ3v) is 4.43. The molecule has 0 spiro atoms. The molecule has 6 nitrogen and oxygen atoms in total. The Morgan fingerprint density at radius 2 is 2.14 bits per heavy atom. The van der Waals surface area contributed by atoms with Crippen molar-refractivity contribution in [2.45, 2.75) is 17.9 Å². The van der Waals surface area contributed by atoms with Crippen molar-refractivity contribution in [2.75, 3.05) is 6.54 Å².